The summed E-state index contributed by atoms with van der Waals surface area (Å²) in [5, 5.41) is 10.3. The van der Waals surface area contributed by atoms with Crippen molar-refractivity contribution in [2.45, 2.75) is 20.8 Å². The standard InChI is InChI=1S/C7H8N2O2.C2H6/c1-5-3-2-4-6(7(5)8)9(10)11;1-2/h2-4H,8H2,1H3;1-2H3. The van der Waals surface area contributed by atoms with Gasteiger partial charge in [0.1, 0.15) is 5.69 Å². The molecule has 0 aliphatic rings. The second-order valence-electron chi connectivity index (χ2n) is 2.26. The molecule has 1 aromatic rings. The van der Waals surface area contributed by atoms with E-state index in [0.717, 1.165) is 5.56 Å². The number of nitro benzene ring substituents is 1. The first kappa shape index (κ1) is 11.4. The molecule has 0 saturated heterocycles. The van der Waals surface area contributed by atoms with Crippen molar-refractivity contribution in [3.8, 4) is 0 Å². The highest BCUT2D eigenvalue weighted by molar-refractivity contribution is 5.62. The number of aryl methyl sites for hydroxylation is 1. The van der Waals surface area contributed by atoms with Crippen LogP contribution in [0.1, 0.15) is 19.4 Å². The van der Waals surface area contributed by atoms with Crippen molar-refractivity contribution in [1.82, 2.24) is 0 Å². The Bertz CT molecular complexity index is 298. The van der Waals surface area contributed by atoms with Crippen LogP contribution in [-0.2, 0) is 0 Å². The van der Waals surface area contributed by atoms with E-state index in [1.807, 2.05) is 13.8 Å². The Hall–Kier alpha value is -1.58. The van der Waals surface area contributed by atoms with E-state index < -0.39 is 4.92 Å². The van der Waals surface area contributed by atoms with Crippen LogP contribution in [0.15, 0.2) is 18.2 Å². The molecular formula is C9H14N2O2. The molecule has 0 saturated carbocycles. The van der Waals surface area contributed by atoms with Crippen LogP contribution in [0.3, 0.4) is 0 Å². The Morgan fingerprint density at radius 3 is 2.31 bits per heavy atom. The average Bonchev–Trinajstić information content (AvgIpc) is 2.13. The van der Waals surface area contributed by atoms with Crippen molar-refractivity contribution in [1.29, 1.82) is 0 Å². The maximum atomic E-state index is 10.3. The zero-order valence-corrected chi connectivity index (χ0v) is 8.07. The van der Waals surface area contributed by atoms with Crippen molar-refractivity contribution in [2.75, 3.05) is 5.73 Å². The van der Waals surface area contributed by atoms with Gasteiger partial charge in [-0.15, -0.1) is 0 Å². The fourth-order valence-electron chi connectivity index (χ4n) is 0.824. The van der Waals surface area contributed by atoms with Gasteiger partial charge in [0.05, 0.1) is 4.92 Å². The molecule has 0 bridgehead atoms. The highest BCUT2D eigenvalue weighted by Gasteiger charge is 2.10. The smallest absolute Gasteiger partial charge is 0.292 e. The van der Waals surface area contributed by atoms with E-state index in [9.17, 15) is 10.1 Å². The lowest BCUT2D eigenvalue weighted by Crippen LogP contribution is -1.96. The normalized spacial score (nSPS) is 8.54. The molecule has 0 aliphatic carbocycles. The molecule has 0 unspecified atom stereocenters. The van der Waals surface area contributed by atoms with E-state index in [2.05, 4.69) is 0 Å². The first-order chi connectivity index (χ1) is 6.13. The molecular weight excluding hydrogens is 168 g/mol. The Kier molecular flexibility index (Phi) is 4.51. The van der Waals surface area contributed by atoms with Crippen LogP contribution in [0.5, 0.6) is 0 Å². The molecule has 0 atom stereocenters. The zero-order chi connectivity index (χ0) is 10.4. The molecule has 0 amide bonds. The van der Waals surface area contributed by atoms with E-state index in [1.54, 1.807) is 19.1 Å². The van der Waals surface area contributed by atoms with Crippen LogP contribution >= 0.6 is 0 Å². The van der Waals surface area contributed by atoms with Gasteiger partial charge < -0.3 is 5.73 Å². The van der Waals surface area contributed by atoms with Gasteiger partial charge in [-0.1, -0.05) is 26.0 Å². The van der Waals surface area contributed by atoms with Gasteiger partial charge in [0.15, 0.2) is 0 Å². The number of hydrogen-bond acceptors (Lipinski definition) is 3. The number of anilines is 1. The number of nitro groups is 1. The molecule has 72 valence electrons. The minimum Gasteiger partial charge on any atom is -0.393 e. The summed E-state index contributed by atoms with van der Waals surface area (Å²) in [6.45, 7) is 5.74. The van der Waals surface area contributed by atoms with Gasteiger partial charge in [0.2, 0.25) is 0 Å². The molecule has 13 heavy (non-hydrogen) atoms. The number of benzene rings is 1. The Balaban J connectivity index is 0.000000671. The number of para-hydroxylation sites is 1. The number of nitrogens with two attached hydrogens (primary N) is 1. The lowest BCUT2D eigenvalue weighted by Gasteiger charge is -1.98. The Morgan fingerprint density at radius 2 is 1.92 bits per heavy atom. The molecule has 1 rings (SSSR count). The van der Waals surface area contributed by atoms with Crippen molar-refractivity contribution >= 4 is 11.4 Å². The van der Waals surface area contributed by atoms with E-state index in [0.29, 0.717) is 0 Å². The summed E-state index contributed by atoms with van der Waals surface area (Å²) in [5.74, 6) is 0. The molecule has 4 nitrogen and oxygen atoms in total. The molecule has 0 aromatic heterocycles. The van der Waals surface area contributed by atoms with Crippen LogP contribution in [0.2, 0.25) is 0 Å². The lowest BCUT2D eigenvalue weighted by atomic mass is 10.2. The predicted molar refractivity (Wildman–Crippen MR) is 53.6 cm³/mol. The monoisotopic (exact) mass is 182 g/mol. The molecule has 2 N–H and O–H groups in total. The highest BCUT2D eigenvalue weighted by atomic mass is 16.6. The van der Waals surface area contributed by atoms with Crippen LogP contribution < -0.4 is 5.73 Å². The van der Waals surface area contributed by atoms with Gasteiger partial charge in [-0.3, -0.25) is 10.1 Å². The Labute approximate surface area is 77.5 Å². The number of nitrogens with zero attached hydrogens (tertiary/aromatic N) is 1. The molecule has 0 aliphatic heterocycles. The minimum atomic E-state index is -0.484. The fourth-order valence-corrected chi connectivity index (χ4v) is 0.824. The maximum absolute atomic E-state index is 10.3. The molecule has 0 radical (unpaired) electrons. The second-order valence-corrected chi connectivity index (χ2v) is 2.26. The van der Waals surface area contributed by atoms with Crippen LogP contribution in [0, 0.1) is 17.0 Å². The van der Waals surface area contributed by atoms with Gasteiger partial charge in [-0.25, -0.2) is 0 Å². The molecule has 0 fully saturated rings. The Morgan fingerprint density at radius 1 is 1.38 bits per heavy atom. The quantitative estimate of drug-likeness (QED) is 0.412. The average molecular weight is 182 g/mol. The fraction of sp³-hybridized carbons (Fsp3) is 0.333. The van der Waals surface area contributed by atoms with Crippen LogP contribution in [0.25, 0.3) is 0 Å². The topological polar surface area (TPSA) is 69.2 Å². The number of hydrogen-bond donors (Lipinski definition) is 1. The molecule has 1 aromatic carbocycles. The summed E-state index contributed by atoms with van der Waals surface area (Å²) in [5.41, 5.74) is 6.40. The summed E-state index contributed by atoms with van der Waals surface area (Å²) in [6, 6.07) is 4.74. The molecule has 0 spiro atoms. The maximum Gasteiger partial charge on any atom is 0.292 e. The van der Waals surface area contributed by atoms with E-state index in [4.69, 9.17) is 5.73 Å². The van der Waals surface area contributed by atoms with Gasteiger partial charge in [0, 0.05) is 6.07 Å². The largest absolute Gasteiger partial charge is 0.393 e. The summed E-state index contributed by atoms with van der Waals surface area (Å²) in [7, 11) is 0. The third-order valence-corrected chi connectivity index (χ3v) is 1.50. The van der Waals surface area contributed by atoms with Crippen molar-refractivity contribution in [2.24, 2.45) is 0 Å². The summed E-state index contributed by atoms with van der Waals surface area (Å²) >= 11 is 0. The van der Waals surface area contributed by atoms with Crippen LogP contribution in [-0.4, -0.2) is 4.92 Å². The van der Waals surface area contributed by atoms with Gasteiger partial charge >= 0.3 is 0 Å². The highest BCUT2D eigenvalue weighted by Crippen LogP contribution is 2.23. The minimum absolute atomic E-state index is 0.0231. The van der Waals surface area contributed by atoms with E-state index >= 15 is 0 Å². The van der Waals surface area contributed by atoms with Crippen LogP contribution in [0.4, 0.5) is 11.4 Å². The van der Waals surface area contributed by atoms with Gasteiger partial charge in [-0.05, 0) is 12.5 Å². The molecule has 4 heteroatoms. The summed E-state index contributed by atoms with van der Waals surface area (Å²) in [4.78, 5) is 9.82. The number of rotatable bonds is 1. The molecule has 0 heterocycles. The lowest BCUT2D eigenvalue weighted by molar-refractivity contribution is -0.383. The second kappa shape index (κ2) is 5.13. The van der Waals surface area contributed by atoms with Gasteiger partial charge in [0.25, 0.3) is 5.69 Å². The van der Waals surface area contributed by atoms with E-state index in [1.165, 1.54) is 6.07 Å². The predicted octanol–water partition coefficient (Wildman–Crippen LogP) is 2.51. The van der Waals surface area contributed by atoms with Gasteiger partial charge in [-0.2, -0.15) is 0 Å². The third-order valence-electron chi connectivity index (χ3n) is 1.50. The van der Waals surface area contributed by atoms with Crippen molar-refractivity contribution in [3.63, 3.8) is 0 Å². The summed E-state index contributed by atoms with van der Waals surface area (Å²) in [6.07, 6.45) is 0. The zero-order valence-electron chi connectivity index (χ0n) is 8.07. The number of nitrogen functional groups attached to an aromatic ring is 1. The van der Waals surface area contributed by atoms with Crippen molar-refractivity contribution < 1.29 is 4.92 Å². The summed E-state index contributed by atoms with van der Waals surface area (Å²) < 4.78 is 0. The first-order valence-electron chi connectivity index (χ1n) is 4.12. The first-order valence-corrected chi connectivity index (χ1v) is 4.12. The SMILES string of the molecule is CC.Cc1cccc([N+](=O)[O-])c1N. The van der Waals surface area contributed by atoms with Crippen molar-refractivity contribution in [3.05, 3.63) is 33.9 Å². The third kappa shape index (κ3) is 2.74. The van der Waals surface area contributed by atoms with E-state index in [-0.39, 0.29) is 11.4 Å².